The Balaban J connectivity index is 3.41. The lowest BCUT2D eigenvalue weighted by Gasteiger charge is -2.29. The Labute approximate surface area is 110 Å². The molecule has 1 aromatic carbocycles. The predicted molar refractivity (Wildman–Crippen MR) is 77.3 cm³/mol. The van der Waals surface area contributed by atoms with Crippen LogP contribution in [0.25, 0.3) is 0 Å². The molecule has 0 heterocycles. The largest absolute Gasteiger partial charge is 0.875 e. The molecule has 3 heteroatoms. The number of allylic oxidation sites excluding steroid dienone is 2. The van der Waals surface area contributed by atoms with E-state index in [4.69, 9.17) is 0 Å². The van der Waals surface area contributed by atoms with Crippen LogP contribution in [0.2, 0.25) is 0 Å². The average Bonchev–Trinajstić information content (AvgIpc) is 2.24. The Kier molecular flexibility index (Phi) is 4.70. The van der Waals surface area contributed by atoms with Gasteiger partial charge in [0.1, 0.15) is 5.66 Å². The highest BCUT2D eigenvalue weighted by Crippen LogP contribution is 2.64. The highest BCUT2D eigenvalue weighted by atomic mass is 31.2. The third-order valence-corrected chi connectivity index (χ3v) is 5.03. The molecule has 98 valence electrons. The SMILES string of the molecule is CC(=O)/C(=C(/C)[O-])C(c1ccccc1)[P+](C)(C)C. The summed E-state index contributed by atoms with van der Waals surface area (Å²) in [5, 5.41) is 11.8. The number of rotatable bonds is 4. The molecule has 2 nitrogen and oxygen atoms in total. The van der Waals surface area contributed by atoms with Crippen molar-refractivity contribution in [2.45, 2.75) is 19.5 Å². The molecule has 0 radical (unpaired) electrons. The van der Waals surface area contributed by atoms with Gasteiger partial charge in [0.25, 0.3) is 0 Å². The maximum Gasteiger partial charge on any atom is 0.159 e. The van der Waals surface area contributed by atoms with Gasteiger partial charge in [-0.05, 0) is 12.5 Å². The fourth-order valence-electron chi connectivity index (χ4n) is 2.27. The van der Waals surface area contributed by atoms with Crippen molar-refractivity contribution in [1.29, 1.82) is 0 Å². The monoisotopic (exact) mass is 264 g/mol. The van der Waals surface area contributed by atoms with E-state index in [0.29, 0.717) is 5.57 Å². The topological polar surface area (TPSA) is 40.1 Å². The van der Waals surface area contributed by atoms with E-state index >= 15 is 0 Å². The highest BCUT2D eigenvalue weighted by Gasteiger charge is 2.37. The molecular weight excluding hydrogens is 243 g/mol. The van der Waals surface area contributed by atoms with Crippen molar-refractivity contribution in [2.75, 3.05) is 20.0 Å². The van der Waals surface area contributed by atoms with E-state index in [1.807, 2.05) is 30.3 Å². The summed E-state index contributed by atoms with van der Waals surface area (Å²) in [6, 6.07) is 9.86. The van der Waals surface area contributed by atoms with Gasteiger partial charge in [0.2, 0.25) is 0 Å². The maximum absolute atomic E-state index is 11.8. The molecule has 0 saturated heterocycles. The number of benzene rings is 1. The Hall–Kier alpha value is -1.14. The zero-order valence-electron chi connectivity index (χ0n) is 11.7. The standard InChI is InChI=1S/C15H21O2P/c1-11(16)14(12(2)17)15(18(3,4)5)13-9-7-6-8-10-13/h6-10,15H,1-5H3. The molecule has 0 aromatic heterocycles. The van der Waals surface area contributed by atoms with Crippen LogP contribution in [0.1, 0.15) is 25.1 Å². The minimum Gasteiger partial charge on any atom is -0.875 e. The second-order valence-electron chi connectivity index (χ2n) is 5.46. The van der Waals surface area contributed by atoms with Crippen molar-refractivity contribution in [3.63, 3.8) is 0 Å². The van der Waals surface area contributed by atoms with E-state index < -0.39 is 7.26 Å². The molecule has 1 rings (SSSR count). The lowest BCUT2D eigenvalue weighted by molar-refractivity contribution is -0.303. The smallest absolute Gasteiger partial charge is 0.159 e. The summed E-state index contributed by atoms with van der Waals surface area (Å²) in [6.07, 6.45) is 0. The van der Waals surface area contributed by atoms with Gasteiger partial charge < -0.3 is 5.11 Å². The number of hydrogen-bond acceptors (Lipinski definition) is 2. The van der Waals surface area contributed by atoms with E-state index in [1.54, 1.807) is 0 Å². The lowest BCUT2D eigenvalue weighted by atomic mass is 10.0. The fourth-order valence-corrected chi connectivity index (χ4v) is 4.47. The quantitative estimate of drug-likeness (QED) is 0.476. The van der Waals surface area contributed by atoms with Gasteiger partial charge in [-0.15, -0.1) is 5.76 Å². The van der Waals surface area contributed by atoms with Gasteiger partial charge in [-0.25, -0.2) is 0 Å². The minimum absolute atomic E-state index is 0.0475. The Morgan fingerprint density at radius 1 is 1.11 bits per heavy atom. The summed E-state index contributed by atoms with van der Waals surface area (Å²) in [4.78, 5) is 11.8. The summed E-state index contributed by atoms with van der Waals surface area (Å²) in [7, 11) is -1.39. The van der Waals surface area contributed by atoms with Gasteiger partial charge in [0, 0.05) is 32.8 Å². The Morgan fingerprint density at radius 3 is 1.94 bits per heavy atom. The van der Waals surface area contributed by atoms with E-state index in [2.05, 4.69) is 20.0 Å². The van der Waals surface area contributed by atoms with Crippen molar-refractivity contribution in [1.82, 2.24) is 0 Å². The third kappa shape index (κ3) is 3.43. The molecule has 0 aliphatic carbocycles. The maximum atomic E-state index is 11.8. The number of carbonyl (C=O) groups is 1. The molecule has 1 unspecified atom stereocenters. The molecule has 18 heavy (non-hydrogen) atoms. The highest BCUT2D eigenvalue weighted by molar-refractivity contribution is 7.74. The van der Waals surface area contributed by atoms with Crippen molar-refractivity contribution in [2.24, 2.45) is 0 Å². The fraction of sp³-hybridized carbons (Fsp3) is 0.400. The van der Waals surface area contributed by atoms with Crippen LogP contribution in [0.3, 0.4) is 0 Å². The third-order valence-electron chi connectivity index (χ3n) is 2.92. The van der Waals surface area contributed by atoms with E-state index in [-0.39, 0.29) is 17.2 Å². The molecule has 1 atom stereocenters. The van der Waals surface area contributed by atoms with Crippen molar-refractivity contribution in [3.8, 4) is 0 Å². The molecular formula is C15H21O2P. The van der Waals surface area contributed by atoms with Crippen molar-refractivity contribution >= 4 is 13.0 Å². The second kappa shape index (κ2) is 5.67. The molecule has 0 saturated carbocycles. The summed E-state index contributed by atoms with van der Waals surface area (Å²) < 4.78 is 0. The van der Waals surface area contributed by atoms with Crippen molar-refractivity contribution < 1.29 is 9.90 Å². The van der Waals surface area contributed by atoms with E-state index in [9.17, 15) is 9.90 Å². The zero-order valence-corrected chi connectivity index (χ0v) is 12.6. The van der Waals surface area contributed by atoms with Gasteiger partial charge in [-0.2, -0.15) is 0 Å². The number of hydrogen-bond donors (Lipinski definition) is 0. The van der Waals surface area contributed by atoms with Crippen LogP contribution >= 0.6 is 7.26 Å². The van der Waals surface area contributed by atoms with Crippen LogP contribution in [-0.2, 0) is 4.79 Å². The van der Waals surface area contributed by atoms with Gasteiger partial charge in [-0.1, -0.05) is 37.3 Å². The summed E-state index contributed by atoms with van der Waals surface area (Å²) in [6.45, 7) is 9.47. The molecule has 0 amide bonds. The minimum atomic E-state index is -1.39. The first-order valence-electron chi connectivity index (χ1n) is 6.00. The van der Waals surface area contributed by atoms with Crippen LogP contribution in [0.4, 0.5) is 0 Å². The number of ketones is 1. The van der Waals surface area contributed by atoms with E-state index in [1.165, 1.54) is 13.8 Å². The van der Waals surface area contributed by atoms with Gasteiger partial charge in [0.15, 0.2) is 5.78 Å². The summed E-state index contributed by atoms with van der Waals surface area (Å²) >= 11 is 0. The average molecular weight is 264 g/mol. The Morgan fingerprint density at radius 2 is 1.61 bits per heavy atom. The summed E-state index contributed by atoms with van der Waals surface area (Å²) in [5.41, 5.74) is 1.47. The molecule has 0 aliphatic heterocycles. The van der Waals surface area contributed by atoms with Crippen LogP contribution in [-0.4, -0.2) is 25.8 Å². The summed E-state index contributed by atoms with van der Waals surface area (Å²) in [5.74, 6) is -0.211. The Bertz CT molecular complexity index is 451. The normalized spacial score (nSPS) is 14.9. The van der Waals surface area contributed by atoms with Gasteiger partial charge in [0.05, 0.1) is 0 Å². The zero-order chi connectivity index (χ0) is 13.9. The van der Waals surface area contributed by atoms with Crippen LogP contribution in [0.15, 0.2) is 41.7 Å². The molecule has 0 bridgehead atoms. The number of carbonyl (C=O) groups excluding carboxylic acids is 1. The van der Waals surface area contributed by atoms with Gasteiger partial charge in [-0.3, -0.25) is 4.79 Å². The van der Waals surface area contributed by atoms with Crippen LogP contribution in [0, 0.1) is 0 Å². The molecule has 0 aliphatic rings. The van der Waals surface area contributed by atoms with Crippen molar-refractivity contribution in [3.05, 3.63) is 47.2 Å². The number of Topliss-reactive ketones (excluding diaryl/α,β-unsaturated/α-hetero) is 1. The molecule has 0 N–H and O–H groups in total. The lowest BCUT2D eigenvalue weighted by Crippen LogP contribution is -2.18. The molecule has 0 spiro atoms. The molecule has 1 aromatic rings. The first-order valence-corrected chi connectivity index (χ1v) is 9.20. The van der Waals surface area contributed by atoms with E-state index in [0.717, 1.165) is 5.56 Å². The van der Waals surface area contributed by atoms with Gasteiger partial charge >= 0.3 is 0 Å². The first-order chi connectivity index (χ1) is 8.25. The molecule has 0 fully saturated rings. The second-order valence-corrected chi connectivity index (χ2v) is 10.2. The van der Waals surface area contributed by atoms with Crippen LogP contribution < -0.4 is 5.11 Å². The van der Waals surface area contributed by atoms with Crippen LogP contribution in [0.5, 0.6) is 0 Å². The predicted octanol–water partition coefficient (Wildman–Crippen LogP) is 2.86. The first kappa shape index (κ1) is 14.9.